The summed E-state index contributed by atoms with van der Waals surface area (Å²) >= 11 is 3.41. The van der Waals surface area contributed by atoms with Gasteiger partial charge in [0.15, 0.2) is 5.82 Å². The molecule has 0 atom stereocenters. The number of pyridine rings is 1. The van der Waals surface area contributed by atoms with Crippen LogP contribution in [0.1, 0.15) is 24.9 Å². The number of aromatic nitrogens is 5. The van der Waals surface area contributed by atoms with E-state index in [0.29, 0.717) is 0 Å². The second kappa shape index (κ2) is 5.88. The molecule has 0 aromatic carbocycles. The molecule has 0 saturated carbocycles. The van der Waals surface area contributed by atoms with Crippen molar-refractivity contribution in [3.8, 4) is 10.6 Å². The Bertz CT molecular complexity index is 701. The lowest BCUT2D eigenvalue weighted by Crippen LogP contribution is -1.94. The van der Waals surface area contributed by atoms with Crippen LogP contribution in [0.4, 0.5) is 0 Å². The van der Waals surface area contributed by atoms with Crippen LogP contribution in [-0.2, 0) is 5.75 Å². The number of hydrogen-bond donors (Lipinski definition) is 0. The van der Waals surface area contributed by atoms with Gasteiger partial charge >= 0.3 is 0 Å². The van der Waals surface area contributed by atoms with Gasteiger partial charge < -0.3 is 0 Å². The van der Waals surface area contributed by atoms with E-state index in [1.807, 2.05) is 41.5 Å². The highest BCUT2D eigenvalue weighted by Crippen LogP contribution is 2.25. The Morgan fingerprint density at radius 1 is 1.30 bits per heavy atom. The number of rotatable bonds is 5. The highest BCUT2D eigenvalue weighted by molar-refractivity contribution is 7.98. The van der Waals surface area contributed by atoms with E-state index in [0.717, 1.165) is 38.6 Å². The van der Waals surface area contributed by atoms with E-state index in [2.05, 4.69) is 27.2 Å². The van der Waals surface area contributed by atoms with E-state index in [-0.39, 0.29) is 0 Å². The summed E-state index contributed by atoms with van der Waals surface area (Å²) in [6, 6.07) is 4.04. The zero-order valence-corrected chi connectivity index (χ0v) is 13.0. The molecule has 3 aromatic rings. The van der Waals surface area contributed by atoms with Crippen molar-refractivity contribution in [2.45, 2.75) is 26.0 Å². The predicted octanol–water partition coefficient (Wildman–Crippen LogP) is 3.20. The first-order chi connectivity index (χ1) is 9.78. The monoisotopic (exact) mass is 305 g/mol. The van der Waals surface area contributed by atoms with Crippen molar-refractivity contribution in [1.29, 1.82) is 0 Å². The summed E-state index contributed by atoms with van der Waals surface area (Å²) in [5, 5.41) is 13.9. The molecular formula is C13H15N5S2. The van der Waals surface area contributed by atoms with Crippen molar-refractivity contribution in [2.75, 3.05) is 5.75 Å². The predicted molar refractivity (Wildman–Crippen MR) is 83.1 cm³/mol. The van der Waals surface area contributed by atoms with Gasteiger partial charge in [0.1, 0.15) is 5.01 Å². The van der Waals surface area contributed by atoms with Crippen LogP contribution in [0.5, 0.6) is 0 Å². The molecule has 0 aliphatic rings. The van der Waals surface area contributed by atoms with Gasteiger partial charge in [-0.15, -0.1) is 10.2 Å². The molecule has 0 saturated heterocycles. The molecular weight excluding hydrogens is 290 g/mol. The second-order valence-electron chi connectivity index (χ2n) is 4.46. The van der Waals surface area contributed by atoms with Crippen molar-refractivity contribution in [1.82, 2.24) is 24.8 Å². The lowest BCUT2D eigenvalue weighted by molar-refractivity contribution is 0.886. The Morgan fingerprint density at radius 2 is 2.20 bits per heavy atom. The molecule has 0 aliphatic carbocycles. The van der Waals surface area contributed by atoms with E-state index < -0.39 is 0 Å². The van der Waals surface area contributed by atoms with Crippen molar-refractivity contribution in [3.63, 3.8) is 0 Å². The zero-order chi connectivity index (χ0) is 13.9. The summed E-state index contributed by atoms with van der Waals surface area (Å²) in [5.41, 5.74) is 2.03. The molecule has 0 fully saturated rings. The Balaban J connectivity index is 1.89. The topological polar surface area (TPSA) is 56.0 Å². The highest BCUT2D eigenvalue weighted by Gasteiger charge is 2.12. The third-order valence-corrected chi connectivity index (χ3v) is 4.90. The van der Waals surface area contributed by atoms with Gasteiger partial charge in [-0.2, -0.15) is 21.4 Å². The normalized spacial score (nSPS) is 11.3. The minimum absolute atomic E-state index is 0.840. The van der Waals surface area contributed by atoms with Gasteiger partial charge in [0.05, 0.1) is 5.75 Å². The fourth-order valence-electron chi connectivity index (χ4n) is 1.77. The van der Waals surface area contributed by atoms with Crippen LogP contribution in [0.15, 0.2) is 18.3 Å². The van der Waals surface area contributed by atoms with Gasteiger partial charge in [0.25, 0.3) is 0 Å². The van der Waals surface area contributed by atoms with Gasteiger partial charge in [-0.05, 0) is 31.2 Å². The van der Waals surface area contributed by atoms with Crippen molar-refractivity contribution in [3.05, 3.63) is 29.8 Å². The third-order valence-electron chi connectivity index (χ3n) is 2.79. The van der Waals surface area contributed by atoms with Gasteiger partial charge in [-0.1, -0.05) is 18.3 Å². The number of nitrogens with zero attached hydrogens (tertiary/aromatic N) is 5. The molecule has 104 valence electrons. The summed E-state index contributed by atoms with van der Waals surface area (Å²) in [5.74, 6) is 2.90. The largest absolute Gasteiger partial charge is 0.261 e. The van der Waals surface area contributed by atoms with E-state index in [1.165, 1.54) is 6.42 Å². The van der Waals surface area contributed by atoms with E-state index in [1.54, 1.807) is 11.3 Å². The molecule has 7 heteroatoms. The smallest absolute Gasteiger partial charge is 0.235 e. The van der Waals surface area contributed by atoms with Gasteiger partial charge in [0.2, 0.25) is 4.96 Å². The average Bonchev–Trinajstić information content (AvgIpc) is 3.01. The molecule has 0 aliphatic heterocycles. The summed E-state index contributed by atoms with van der Waals surface area (Å²) in [6.45, 7) is 4.16. The molecule has 3 heterocycles. The number of fused-ring (bicyclic) bond motifs is 1. The molecule has 0 bridgehead atoms. The Labute approximate surface area is 125 Å². The molecule has 0 unspecified atom stereocenters. The number of hydrogen-bond acceptors (Lipinski definition) is 6. The SMILES string of the molecule is CCCSCc1nnc2sc(-c3ccc(C)nc3)nn12. The van der Waals surface area contributed by atoms with Crippen LogP contribution in [0.25, 0.3) is 15.5 Å². The Kier molecular flexibility index (Phi) is 3.98. The molecule has 3 rings (SSSR count). The van der Waals surface area contributed by atoms with E-state index >= 15 is 0 Å². The minimum atomic E-state index is 0.840. The van der Waals surface area contributed by atoms with Crippen molar-refractivity contribution >= 4 is 28.1 Å². The zero-order valence-electron chi connectivity index (χ0n) is 11.4. The van der Waals surface area contributed by atoms with Crippen LogP contribution < -0.4 is 0 Å². The van der Waals surface area contributed by atoms with Crippen LogP contribution in [-0.4, -0.2) is 30.5 Å². The number of aryl methyl sites for hydroxylation is 1. The second-order valence-corrected chi connectivity index (χ2v) is 6.52. The number of thioether (sulfide) groups is 1. The van der Waals surface area contributed by atoms with E-state index in [9.17, 15) is 0 Å². The summed E-state index contributed by atoms with van der Waals surface area (Å²) < 4.78 is 1.85. The van der Waals surface area contributed by atoms with Gasteiger partial charge in [-0.25, -0.2) is 0 Å². The molecule has 0 amide bonds. The van der Waals surface area contributed by atoms with Gasteiger partial charge in [0, 0.05) is 17.5 Å². The van der Waals surface area contributed by atoms with Crippen molar-refractivity contribution < 1.29 is 0 Å². The summed E-state index contributed by atoms with van der Waals surface area (Å²) in [6.07, 6.45) is 3.02. The molecule has 3 aromatic heterocycles. The fourth-order valence-corrected chi connectivity index (χ4v) is 3.41. The summed E-state index contributed by atoms with van der Waals surface area (Å²) in [7, 11) is 0. The first kappa shape index (κ1) is 13.5. The molecule has 0 N–H and O–H groups in total. The highest BCUT2D eigenvalue weighted by atomic mass is 32.2. The standard InChI is InChI=1S/C13H15N5S2/c1-3-6-19-8-11-15-16-13-18(11)17-12(20-13)10-5-4-9(2)14-7-10/h4-5,7H,3,6,8H2,1-2H3. The molecule has 5 nitrogen and oxygen atoms in total. The quantitative estimate of drug-likeness (QED) is 0.678. The lowest BCUT2D eigenvalue weighted by atomic mass is 10.3. The maximum Gasteiger partial charge on any atom is 0.235 e. The first-order valence-electron chi connectivity index (χ1n) is 6.50. The molecule has 0 radical (unpaired) electrons. The van der Waals surface area contributed by atoms with Gasteiger partial charge in [-0.3, -0.25) is 4.98 Å². The van der Waals surface area contributed by atoms with Crippen LogP contribution in [0.3, 0.4) is 0 Å². The first-order valence-corrected chi connectivity index (χ1v) is 8.47. The third kappa shape index (κ3) is 2.69. The van der Waals surface area contributed by atoms with Crippen LogP contribution >= 0.6 is 23.1 Å². The van der Waals surface area contributed by atoms with Crippen LogP contribution in [0, 0.1) is 6.92 Å². The lowest BCUT2D eigenvalue weighted by Gasteiger charge is -1.97. The van der Waals surface area contributed by atoms with Crippen molar-refractivity contribution in [2.24, 2.45) is 0 Å². The van der Waals surface area contributed by atoms with E-state index in [4.69, 9.17) is 0 Å². The van der Waals surface area contributed by atoms with Crippen LogP contribution in [0.2, 0.25) is 0 Å². The molecule has 0 spiro atoms. The Hall–Kier alpha value is -1.47. The maximum atomic E-state index is 4.61. The minimum Gasteiger partial charge on any atom is -0.261 e. The Morgan fingerprint density at radius 3 is 2.95 bits per heavy atom. The maximum absolute atomic E-state index is 4.61. The summed E-state index contributed by atoms with van der Waals surface area (Å²) in [4.78, 5) is 5.15. The fraction of sp³-hybridized carbons (Fsp3) is 0.385. The molecule has 20 heavy (non-hydrogen) atoms. The average molecular weight is 305 g/mol.